The topological polar surface area (TPSA) is 49.4 Å². The average molecular weight is 334 g/mol. The van der Waals surface area contributed by atoms with Gasteiger partial charge in [0.15, 0.2) is 0 Å². The second-order valence-corrected chi connectivity index (χ2v) is 6.69. The number of carbonyl (C=O) groups excluding carboxylic acids is 2. The minimum atomic E-state index is -4.33. The first-order chi connectivity index (χ1) is 10.1. The van der Waals surface area contributed by atoms with Crippen LogP contribution in [0.2, 0.25) is 0 Å². The van der Waals surface area contributed by atoms with Gasteiger partial charge in [-0.1, -0.05) is 6.07 Å². The molecule has 2 heterocycles. The highest BCUT2D eigenvalue weighted by Gasteiger charge is 2.56. The number of rotatable bonds is 3. The van der Waals surface area contributed by atoms with Crippen LogP contribution in [0.5, 0.6) is 0 Å². The maximum absolute atomic E-state index is 13.0. The molecule has 1 N–H and O–H groups in total. The van der Waals surface area contributed by atoms with E-state index in [2.05, 4.69) is 5.32 Å². The van der Waals surface area contributed by atoms with E-state index in [-0.39, 0.29) is 19.5 Å². The van der Waals surface area contributed by atoms with Crippen molar-refractivity contribution in [3.8, 4) is 0 Å². The van der Waals surface area contributed by atoms with Crippen molar-refractivity contribution >= 4 is 23.2 Å². The Balaban J connectivity index is 1.97. The van der Waals surface area contributed by atoms with E-state index in [1.165, 1.54) is 30.1 Å². The fourth-order valence-electron chi connectivity index (χ4n) is 2.84. The van der Waals surface area contributed by atoms with E-state index >= 15 is 0 Å². The lowest BCUT2D eigenvalue weighted by molar-refractivity contribution is -0.192. The molecule has 0 saturated carbocycles. The summed E-state index contributed by atoms with van der Waals surface area (Å²) in [5.41, 5.74) is -1.30. The highest BCUT2D eigenvalue weighted by Crippen LogP contribution is 2.44. The van der Waals surface area contributed by atoms with Gasteiger partial charge in [0.2, 0.25) is 5.91 Å². The standard InChI is InChI=1S/C14H17F3N2O2S/c1-13(2)10(14(15,16)17)5-6-19(13)11(20)8-18-12(21)9-4-3-7-22-9/h3-4,7,10H,5-6,8H2,1-2H3,(H,18,21). The molecule has 1 saturated heterocycles. The normalized spacial score (nSPS) is 21.0. The lowest BCUT2D eigenvalue weighted by Gasteiger charge is -2.36. The van der Waals surface area contributed by atoms with Crippen molar-refractivity contribution in [1.29, 1.82) is 0 Å². The zero-order chi connectivity index (χ0) is 16.5. The number of thiophene rings is 1. The smallest absolute Gasteiger partial charge is 0.342 e. The molecular weight excluding hydrogens is 317 g/mol. The van der Waals surface area contributed by atoms with Gasteiger partial charge in [-0.2, -0.15) is 13.2 Å². The van der Waals surface area contributed by atoms with E-state index in [1.807, 2.05) is 0 Å². The van der Waals surface area contributed by atoms with Crippen molar-refractivity contribution in [3.63, 3.8) is 0 Å². The summed E-state index contributed by atoms with van der Waals surface area (Å²) in [7, 11) is 0. The number of hydrogen-bond donors (Lipinski definition) is 1. The fraction of sp³-hybridized carbons (Fsp3) is 0.571. The summed E-state index contributed by atoms with van der Waals surface area (Å²) in [4.78, 5) is 25.6. The van der Waals surface area contributed by atoms with Crippen LogP contribution in [0.3, 0.4) is 0 Å². The number of hydrogen-bond acceptors (Lipinski definition) is 3. The Labute approximate surface area is 130 Å². The maximum atomic E-state index is 13.0. The van der Waals surface area contributed by atoms with Crippen molar-refractivity contribution < 1.29 is 22.8 Å². The molecule has 4 nitrogen and oxygen atoms in total. The number of carbonyl (C=O) groups is 2. The van der Waals surface area contributed by atoms with Crippen LogP contribution >= 0.6 is 11.3 Å². The van der Waals surface area contributed by atoms with Crippen molar-refractivity contribution in [1.82, 2.24) is 10.2 Å². The molecule has 1 fully saturated rings. The minimum Gasteiger partial charge on any atom is -0.342 e. The van der Waals surface area contributed by atoms with Crippen molar-refractivity contribution in [2.45, 2.75) is 32.0 Å². The first kappa shape index (κ1) is 16.8. The van der Waals surface area contributed by atoms with E-state index in [4.69, 9.17) is 0 Å². The first-order valence-corrected chi connectivity index (χ1v) is 7.71. The second-order valence-electron chi connectivity index (χ2n) is 5.74. The molecule has 0 radical (unpaired) electrons. The Morgan fingerprint density at radius 2 is 2.14 bits per heavy atom. The SMILES string of the molecule is CC1(C)C(C(F)(F)F)CCN1C(=O)CNC(=O)c1cccs1. The lowest BCUT2D eigenvalue weighted by atomic mass is 9.88. The highest BCUT2D eigenvalue weighted by atomic mass is 32.1. The number of alkyl halides is 3. The Bertz CT molecular complexity index is 555. The summed E-state index contributed by atoms with van der Waals surface area (Å²) < 4.78 is 39.0. The third-order valence-corrected chi connectivity index (χ3v) is 4.90. The summed E-state index contributed by atoms with van der Waals surface area (Å²) in [6, 6.07) is 3.32. The minimum absolute atomic E-state index is 0.0465. The Kier molecular flexibility index (Phi) is 4.51. The highest BCUT2D eigenvalue weighted by molar-refractivity contribution is 7.12. The molecule has 1 aliphatic rings. The predicted octanol–water partition coefficient (Wildman–Crippen LogP) is 2.67. The van der Waals surface area contributed by atoms with Gasteiger partial charge in [-0.15, -0.1) is 11.3 Å². The van der Waals surface area contributed by atoms with Crippen LogP contribution in [0.15, 0.2) is 17.5 Å². The van der Waals surface area contributed by atoms with Gasteiger partial charge in [-0.3, -0.25) is 9.59 Å². The molecule has 122 valence electrons. The van der Waals surface area contributed by atoms with Crippen molar-refractivity contribution in [3.05, 3.63) is 22.4 Å². The number of likely N-dealkylation sites (tertiary alicyclic amines) is 1. The van der Waals surface area contributed by atoms with Crippen LogP contribution in [-0.2, 0) is 4.79 Å². The van der Waals surface area contributed by atoms with Crippen LogP contribution in [-0.4, -0.2) is 41.5 Å². The van der Waals surface area contributed by atoms with E-state index < -0.39 is 29.4 Å². The second kappa shape index (κ2) is 5.91. The van der Waals surface area contributed by atoms with Crippen molar-refractivity contribution in [2.24, 2.45) is 5.92 Å². The molecule has 0 aliphatic carbocycles. The van der Waals surface area contributed by atoms with E-state index in [1.54, 1.807) is 17.5 Å². The van der Waals surface area contributed by atoms with Gasteiger partial charge in [-0.25, -0.2) is 0 Å². The molecular formula is C14H17F3N2O2S. The van der Waals surface area contributed by atoms with Crippen LogP contribution in [0.4, 0.5) is 13.2 Å². The molecule has 1 aromatic rings. The number of nitrogens with one attached hydrogen (secondary N) is 1. The lowest BCUT2D eigenvalue weighted by Crippen LogP contribution is -2.52. The monoisotopic (exact) mass is 334 g/mol. The fourth-order valence-corrected chi connectivity index (χ4v) is 3.48. The Morgan fingerprint density at radius 3 is 2.64 bits per heavy atom. The molecule has 1 unspecified atom stereocenters. The summed E-state index contributed by atoms with van der Waals surface area (Å²) in [5.74, 6) is -2.44. The van der Waals surface area contributed by atoms with E-state index in [0.717, 1.165) is 0 Å². The van der Waals surface area contributed by atoms with E-state index in [9.17, 15) is 22.8 Å². The van der Waals surface area contributed by atoms with Gasteiger partial charge in [-0.05, 0) is 31.7 Å². The zero-order valence-electron chi connectivity index (χ0n) is 12.2. The molecule has 1 aromatic heterocycles. The third-order valence-electron chi connectivity index (χ3n) is 4.03. The maximum Gasteiger partial charge on any atom is 0.394 e. The molecule has 8 heteroatoms. The molecule has 2 rings (SSSR count). The summed E-state index contributed by atoms with van der Waals surface area (Å²) >= 11 is 1.23. The molecule has 22 heavy (non-hydrogen) atoms. The quantitative estimate of drug-likeness (QED) is 0.924. The van der Waals surface area contributed by atoms with Crippen LogP contribution < -0.4 is 5.32 Å². The van der Waals surface area contributed by atoms with Crippen LogP contribution in [0.1, 0.15) is 29.9 Å². The van der Waals surface area contributed by atoms with Crippen LogP contribution in [0.25, 0.3) is 0 Å². The summed E-state index contributed by atoms with van der Waals surface area (Å²) in [6.07, 6.45) is -4.44. The third kappa shape index (κ3) is 3.26. The summed E-state index contributed by atoms with van der Waals surface area (Å²) in [6.45, 7) is 2.57. The molecule has 1 aliphatic heterocycles. The average Bonchev–Trinajstić information content (AvgIpc) is 3.01. The van der Waals surface area contributed by atoms with Gasteiger partial charge in [0.1, 0.15) is 0 Å². The molecule has 2 amide bonds. The Hall–Kier alpha value is -1.57. The predicted molar refractivity (Wildman–Crippen MR) is 76.6 cm³/mol. The van der Waals surface area contributed by atoms with Gasteiger partial charge in [0, 0.05) is 12.1 Å². The number of halogens is 3. The first-order valence-electron chi connectivity index (χ1n) is 6.83. The molecule has 0 aromatic carbocycles. The van der Waals surface area contributed by atoms with Gasteiger partial charge >= 0.3 is 6.18 Å². The molecule has 0 bridgehead atoms. The number of amides is 2. The van der Waals surface area contributed by atoms with Gasteiger partial charge < -0.3 is 10.2 Å². The van der Waals surface area contributed by atoms with Crippen LogP contribution in [0, 0.1) is 5.92 Å². The molecule has 1 atom stereocenters. The zero-order valence-corrected chi connectivity index (χ0v) is 13.1. The Morgan fingerprint density at radius 1 is 1.45 bits per heavy atom. The van der Waals surface area contributed by atoms with E-state index in [0.29, 0.717) is 4.88 Å². The number of nitrogens with zero attached hydrogens (tertiary/aromatic N) is 1. The largest absolute Gasteiger partial charge is 0.394 e. The molecule has 0 spiro atoms. The van der Waals surface area contributed by atoms with Gasteiger partial charge in [0.25, 0.3) is 5.91 Å². The summed E-state index contributed by atoms with van der Waals surface area (Å²) in [5, 5.41) is 4.18. The van der Waals surface area contributed by atoms with Gasteiger partial charge in [0.05, 0.1) is 17.3 Å². The van der Waals surface area contributed by atoms with Crippen molar-refractivity contribution in [2.75, 3.05) is 13.1 Å².